The highest BCUT2D eigenvalue weighted by atomic mass is 16.5. The van der Waals surface area contributed by atoms with Gasteiger partial charge in [-0.3, -0.25) is 0 Å². The molecule has 0 aromatic rings. The van der Waals surface area contributed by atoms with Crippen molar-refractivity contribution in [3.63, 3.8) is 0 Å². The highest BCUT2D eigenvalue weighted by Crippen LogP contribution is 2.32. The van der Waals surface area contributed by atoms with Gasteiger partial charge >= 0.3 is 0 Å². The van der Waals surface area contributed by atoms with Gasteiger partial charge in [0.05, 0.1) is 0 Å². The Morgan fingerprint density at radius 2 is 1.95 bits per heavy atom. The second-order valence-electron chi connectivity index (χ2n) is 7.66. The van der Waals surface area contributed by atoms with E-state index in [4.69, 9.17) is 4.74 Å². The molecule has 19 heavy (non-hydrogen) atoms. The fourth-order valence-electron chi connectivity index (χ4n) is 3.79. The molecule has 0 spiro atoms. The number of hydrogen-bond acceptors (Lipinski definition) is 2. The van der Waals surface area contributed by atoms with Crippen LogP contribution in [0, 0.1) is 17.3 Å². The molecule has 0 amide bonds. The third kappa shape index (κ3) is 5.07. The van der Waals surface area contributed by atoms with E-state index in [-0.39, 0.29) is 0 Å². The third-order valence-electron chi connectivity index (χ3n) is 5.10. The highest BCUT2D eigenvalue weighted by Gasteiger charge is 2.29. The SMILES string of the molecule is CC(C)CC1CCCC(NCC2(C)CCOCC2)C1. The molecule has 2 rings (SSSR count). The first-order chi connectivity index (χ1) is 9.07. The summed E-state index contributed by atoms with van der Waals surface area (Å²) in [6, 6.07) is 0.775. The average molecular weight is 267 g/mol. The predicted molar refractivity (Wildman–Crippen MR) is 81.4 cm³/mol. The zero-order chi connectivity index (χ0) is 13.7. The second kappa shape index (κ2) is 7.08. The van der Waals surface area contributed by atoms with Gasteiger partial charge in [-0.2, -0.15) is 0 Å². The van der Waals surface area contributed by atoms with E-state index >= 15 is 0 Å². The van der Waals surface area contributed by atoms with E-state index in [1.165, 1.54) is 51.5 Å². The Morgan fingerprint density at radius 3 is 2.63 bits per heavy atom. The monoisotopic (exact) mass is 267 g/mol. The molecule has 1 heterocycles. The minimum atomic E-state index is 0.475. The van der Waals surface area contributed by atoms with Crippen LogP contribution in [0.15, 0.2) is 0 Å². The summed E-state index contributed by atoms with van der Waals surface area (Å²) >= 11 is 0. The zero-order valence-electron chi connectivity index (χ0n) is 13.2. The summed E-state index contributed by atoms with van der Waals surface area (Å²) in [6.45, 7) is 10.3. The maximum atomic E-state index is 5.49. The third-order valence-corrected chi connectivity index (χ3v) is 5.10. The molecule has 2 aliphatic rings. The summed E-state index contributed by atoms with van der Waals surface area (Å²) in [6.07, 6.45) is 9.55. The van der Waals surface area contributed by atoms with Gasteiger partial charge in [-0.1, -0.05) is 33.6 Å². The van der Waals surface area contributed by atoms with Gasteiger partial charge in [-0.15, -0.1) is 0 Å². The van der Waals surface area contributed by atoms with Crippen LogP contribution in [0.2, 0.25) is 0 Å². The molecular formula is C17H33NO. The van der Waals surface area contributed by atoms with Crippen LogP contribution >= 0.6 is 0 Å². The Balaban J connectivity index is 1.72. The van der Waals surface area contributed by atoms with Crippen molar-refractivity contribution in [1.82, 2.24) is 5.32 Å². The van der Waals surface area contributed by atoms with E-state index < -0.39 is 0 Å². The summed E-state index contributed by atoms with van der Waals surface area (Å²) in [5.41, 5.74) is 0.475. The van der Waals surface area contributed by atoms with E-state index in [9.17, 15) is 0 Å². The van der Waals surface area contributed by atoms with Crippen LogP contribution in [0.3, 0.4) is 0 Å². The first kappa shape index (κ1) is 15.3. The predicted octanol–water partition coefficient (Wildman–Crippen LogP) is 4.00. The smallest absolute Gasteiger partial charge is 0.0471 e. The van der Waals surface area contributed by atoms with Crippen LogP contribution in [0.25, 0.3) is 0 Å². The van der Waals surface area contributed by atoms with Crippen LogP contribution in [-0.2, 0) is 4.74 Å². The topological polar surface area (TPSA) is 21.3 Å². The molecule has 0 radical (unpaired) electrons. The minimum absolute atomic E-state index is 0.475. The normalized spacial score (nSPS) is 31.6. The van der Waals surface area contributed by atoms with Crippen molar-refractivity contribution in [1.29, 1.82) is 0 Å². The van der Waals surface area contributed by atoms with Gasteiger partial charge in [0, 0.05) is 25.8 Å². The van der Waals surface area contributed by atoms with Crippen LogP contribution in [0.5, 0.6) is 0 Å². The van der Waals surface area contributed by atoms with E-state index in [2.05, 4.69) is 26.1 Å². The molecule has 2 atom stereocenters. The van der Waals surface area contributed by atoms with Gasteiger partial charge in [0.25, 0.3) is 0 Å². The van der Waals surface area contributed by atoms with Crippen LogP contribution < -0.4 is 5.32 Å². The van der Waals surface area contributed by atoms with Crippen LogP contribution in [-0.4, -0.2) is 25.8 Å². The molecule has 0 aromatic heterocycles. The van der Waals surface area contributed by atoms with Crippen LogP contribution in [0.1, 0.15) is 65.7 Å². The number of hydrogen-bond donors (Lipinski definition) is 1. The van der Waals surface area contributed by atoms with E-state index in [0.717, 1.165) is 31.1 Å². The summed E-state index contributed by atoms with van der Waals surface area (Å²) in [5.74, 6) is 1.82. The Kier molecular flexibility index (Phi) is 5.70. The molecule has 1 aliphatic heterocycles. The molecule has 1 aliphatic carbocycles. The first-order valence-electron chi connectivity index (χ1n) is 8.38. The largest absolute Gasteiger partial charge is 0.381 e. The van der Waals surface area contributed by atoms with E-state index in [0.29, 0.717) is 5.41 Å². The average Bonchev–Trinajstić information content (AvgIpc) is 2.37. The first-order valence-corrected chi connectivity index (χ1v) is 8.38. The van der Waals surface area contributed by atoms with Crippen molar-refractivity contribution in [2.75, 3.05) is 19.8 Å². The highest BCUT2D eigenvalue weighted by molar-refractivity contribution is 4.84. The van der Waals surface area contributed by atoms with Crippen molar-refractivity contribution < 1.29 is 4.74 Å². The molecule has 0 aromatic carbocycles. The van der Waals surface area contributed by atoms with E-state index in [1.54, 1.807) is 0 Å². The molecule has 0 bridgehead atoms. The van der Waals surface area contributed by atoms with E-state index in [1.807, 2.05) is 0 Å². The lowest BCUT2D eigenvalue weighted by atomic mass is 9.79. The van der Waals surface area contributed by atoms with Crippen molar-refractivity contribution in [3.05, 3.63) is 0 Å². The molecule has 1 saturated heterocycles. The molecule has 1 saturated carbocycles. The Morgan fingerprint density at radius 1 is 1.21 bits per heavy atom. The van der Waals surface area contributed by atoms with Gasteiger partial charge in [0.1, 0.15) is 0 Å². The lowest BCUT2D eigenvalue weighted by Crippen LogP contribution is -2.43. The maximum absolute atomic E-state index is 5.49. The molecule has 1 N–H and O–H groups in total. The fourth-order valence-corrected chi connectivity index (χ4v) is 3.79. The quantitative estimate of drug-likeness (QED) is 0.813. The summed E-state index contributed by atoms with van der Waals surface area (Å²) in [5, 5.41) is 3.88. The number of ether oxygens (including phenoxy) is 1. The van der Waals surface area contributed by atoms with Crippen molar-refractivity contribution in [3.8, 4) is 0 Å². The molecule has 2 heteroatoms. The number of rotatable bonds is 5. The summed E-state index contributed by atoms with van der Waals surface area (Å²) in [7, 11) is 0. The molecule has 2 unspecified atom stereocenters. The molecule has 112 valence electrons. The second-order valence-corrected chi connectivity index (χ2v) is 7.66. The van der Waals surface area contributed by atoms with Gasteiger partial charge in [-0.05, 0) is 49.4 Å². The molecular weight excluding hydrogens is 234 g/mol. The van der Waals surface area contributed by atoms with Crippen molar-refractivity contribution in [2.45, 2.75) is 71.8 Å². The summed E-state index contributed by atoms with van der Waals surface area (Å²) < 4.78 is 5.49. The van der Waals surface area contributed by atoms with Crippen molar-refractivity contribution in [2.24, 2.45) is 17.3 Å². The van der Waals surface area contributed by atoms with Gasteiger partial charge in [0.15, 0.2) is 0 Å². The summed E-state index contributed by atoms with van der Waals surface area (Å²) in [4.78, 5) is 0. The van der Waals surface area contributed by atoms with Crippen LogP contribution in [0.4, 0.5) is 0 Å². The maximum Gasteiger partial charge on any atom is 0.0471 e. The Bertz CT molecular complexity index is 258. The zero-order valence-corrected chi connectivity index (χ0v) is 13.2. The van der Waals surface area contributed by atoms with Gasteiger partial charge in [-0.25, -0.2) is 0 Å². The molecule has 2 fully saturated rings. The van der Waals surface area contributed by atoms with Gasteiger partial charge < -0.3 is 10.1 Å². The van der Waals surface area contributed by atoms with Crippen molar-refractivity contribution >= 4 is 0 Å². The van der Waals surface area contributed by atoms with Gasteiger partial charge in [0.2, 0.25) is 0 Å². The lowest BCUT2D eigenvalue weighted by Gasteiger charge is -2.37. The molecule has 2 nitrogen and oxygen atoms in total. The minimum Gasteiger partial charge on any atom is -0.381 e. The Labute approximate surface area is 119 Å². The standard InChI is InChI=1S/C17H33NO/c1-14(2)11-15-5-4-6-16(12-15)18-13-17(3)7-9-19-10-8-17/h14-16,18H,4-13H2,1-3H3. The number of nitrogens with one attached hydrogen (secondary N) is 1. The lowest BCUT2D eigenvalue weighted by molar-refractivity contribution is 0.0218. The Hall–Kier alpha value is -0.0800. The fraction of sp³-hybridized carbons (Fsp3) is 1.00.